The Morgan fingerprint density at radius 2 is 2.21 bits per heavy atom. The number of hydrogen-bond donors (Lipinski definition) is 1. The molecule has 0 radical (unpaired) electrons. The Labute approximate surface area is 111 Å². The second kappa shape index (κ2) is 7.68. The molecular formula is C13H19FN2O3. The third-order valence-corrected chi connectivity index (χ3v) is 2.39. The molecule has 0 saturated heterocycles. The molecule has 0 aliphatic rings. The van der Waals surface area contributed by atoms with Crippen molar-refractivity contribution in [3.8, 4) is 0 Å². The van der Waals surface area contributed by atoms with E-state index in [-0.39, 0.29) is 11.4 Å². The Hall–Kier alpha value is -1.69. The lowest BCUT2D eigenvalue weighted by atomic mass is 10.2. The molecule has 0 atom stereocenters. The molecule has 0 fully saturated rings. The third kappa shape index (κ3) is 5.65. The Kier molecular flexibility index (Phi) is 6.21. The van der Waals surface area contributed by atoms with Crippen LogP contribution >= 0.6 is 0 Å². The molecule has 106 valence electrons. The molecule has 6 heteroatoms. The second-order valence-corrected chi connectivity index (χ2v) is 4.67. The van der Waals surface area contributed by atoms with E-state index in [1.807, 2.05) is 0 Å². The van der Waals surface area contributed by atoms with Crippen molar-refractivity contribution < 1.29 is 14.1 Å². The van der Waals surface area contributed by atoms with Crippen LogP contribution in [0.5, 0.6) is 0 Å². The molecule has 1 aromatic rings. The predicted octanol–water partition coefficient (Wildman–Crippen LogP) is 3.21. The number of nitro benzene ring substituents is 1. The largest absolute Gasteiger partial charge is 0.381 e. The fourth-order valence-electron chi connectivity index (χ4n) is 1.53. The van der Waals surface area contributed by atoms with E-state index in [4.69, 9.17) is 4.74 Å². The highest BCUT2D eigenvalue weighted by Crippen LogP contribution is 2.24. The fraction of sp³-hybridized carbons (Fsp3) is 0.538. The maximum atomic E-state index is 13.0. The van der Waals surface area contributed by atoms with Crippen LogP contribution in [-0.4, -0.2) is 24.7 Å². The first kappa shape index (κ1) is 15.4. The average Bonchev–Trinajstić information content (AvgIpc) is 2.33. The standard InChI is InChI=1S/C13H19FN2O3/c1-10(2)9-19-7-3-6-15-12-8-11(14)4-5-13(12)16(17)18/h4-5,8,10,15H,3,6-7,9H2,1-2H3. The summed E-state index contributed by atoms with van der Waals surface area (Å²) in [5, 5.41) is 13.6. The molecule has 0 aliphatic carbocycles. The fourth-order valence-corrected chi connectivity index (χ4v) is 1.53. The number of nitrogens with zero attached hydrogens (tertiary/aromatic N) is 1. The molecule has 0 heterocycles. The van der Waals surface area contributed by atoms with E-state index in [1.54, 1.807) is 0 Å². The van der Waals surface area contributed by atoms with Crippen LogP contribution < -0.4 is 5.32 Å². The molecule has 0 unspecified atom stereocenters. The predicted molar refractivity (Wildman–Crippen MR) is 71.8 cm³/mol. The van der Waals surface area contributed by atoms with Gasteiger partial charge >= 0.3 is 0 Å². The number of rotatable bonds is 8. The van der Waals surface area contributed by atoms with Gasteiger partial charge in [-0.25, -0.2) is 4.39 Å². The lowest BCUT2D eigenvalue weighted by molar-refractivity contribution is -0.384. The topological polar surface area (TPSA) is 64.4 Å². The van der Waals surface area contributed by atoms with Gasteiger partial charge in [0.1, 0.15) is 11.5 Å². The maximum Gasteiger partial charge on any atom is 0.292 e. The summed E-state index contributed by atoms with van der Waals surface area (Å²) >= 11 is 0. The number of anilines is 1. The van der Waals surface area contributed by atoms with Gasteiger partial charge in [0.15, 0.2) is 0 Å². The highest BCUT2D eigenvalue weighted by Gasteiger charge is 2.13. The van der Waals surface area contributed by atoms with Crippen molar-refractivity contribution in [2.75, 3.05) is 25.1 Å². The van der Waals surface area contributed by atoms with E-state index in [2.05, 4.69) is 19.2 Å². The van der Waals surface area contributed by atoms with Crippen LogP contribution in [-0.2, 0) is 4.74 Å². The van der Waals surface area contributed by atoms with E-state index in [1.165, 1.54) is 0 Å². The van der Waals surface area contributed by atoms with Crippen LogP contribution in [0.4, 0.5) is 15.8 Å². The number of nitrogens with one attached hydrogen (secondary N) is 1. The average molecular weight is 270 g/mol. The number of benzene rings is 1. The van der Waals surface area contributed by atoms with Crippen LogP contribution in [0.15, 0.2) is 18.2 Å². The van der Waals surface area contributed by atoms with Crippen molar-refractivity contribution in [2.24, 2.45) is 5.92 Å². The first-order chi connectivity index (χ1) is 9.00. The molecule has 5 nitrogen and oxygen atoms in total. The lowest BCUT2D eigenvalue weighted by Crippen LogP contribution is -2.09. The van der Waals surface area contributed by atoms with Gasteiger partial charge in [-0.05, 0) is 18.4 Å². The summed E-state index contributed by atoms with van der Waals surface area (Å²) in [5.74, 6) is -0.0126. The third-order valence-electron chi connectivity index (χ3n) is 2.39. The summed E-state index contributed by atoms with van der Waals surface area (Å²) in [6.07, 6.45) is 0.709. The summed E-state index contributed by atoms with van der Waals surface area (Å²) in [6.45, 7) is 5.90. The van der Waals surface area contributed by atoms with Gasteiger partial charge in [-0.3, -0.25) is 10.1 Å². The van der Waals surface area contributed by atoms with Crippen molar-refractivity contribution in [3.63, 3.8) is 0 Å². The minimum atomic E-state index is -0.531. The van der Waals surface area contributed by atoms with Crippen LogP contribution in [0.3, 0.4) is 0 Å². The molecule has 0 saturated carbocycles. The lowest BCUT2D eigenvalue weighted by Gasteiger charge is -2.09. The Morgan fingerprint density at radius 1 is 1.47 bits per heavy atom. The summed E-state index contributed by atoms with van der Waals surface area (Å²) in [5.41, 5.74) is 0.0818. The van der Waals surface area contributed by atoms with Crippen LogP contribution in [0.25, 0.3) is 0 Å². The van der Waals surface area contributed by atoms with Gasteiger partial charge in [-0.1, -0.05) is 13.8 Å². The van der Waals surface area contributed by atoms with E-state index in [9.17, 15) is 14.5 Å². The molecule has 19 heavy (non-hydrogen) atoms. The van der Waals surface area contributed by atoms with Crippen molar-refractivity contribution in [2.45, 2.75) is 20.3 Å². The summed E-state index contributed by atoms with van der Waals surface area (Å²) < 4.78 is 18.4. The summed E-state index contributed by atoms with van der Waals surface area (Å²) in [7, 11) is 0. The zero-order valence-corrected chi connectivity index (χ0v) is 11.2. The van der Waals surface area contributed by atoms with Crippen molar-refractivity contribution >= 4 is 11.4 Å². The van der Waals surface area contributed by atoms with Crippen molar-refractivity contribution in [1.29, 1.82) is 0 Å². The molecule has 0 bridgehead atoms. The summed E-state index contributed by atoms with van der Waals surface area (Å²) in [4.78, 5) is 10.2. The van der Waals surface area contributed by atoms with Crippen LogP contribution in [0.1, 0.15) is 20.3 Å². The number of hydrogen-bond acceptors (Lipinski definition) is 4. The molecule has 0 amide bonds. The second-order valence-electron chi connectivity index (χ2n) is 4.67. The van der Waals surface area contributed by atoms with E-state index < -0.39 is 10.7 Å². The van der Waals surface area contributed by atoms with Gasteiger partial charge in [-0.15, -0.1) is 0 Å². The SMILES string of the molecule is CC(C)COCCCNc1cc(F)ccc1[N+](=O)[O-]. The molecule has 0 aliphatic heterocycles. The number of halogens is 1. The minimum Gasteiger partial charge on any atom is -0.381 e. The first-order valence-corrected chi connectivity index (χ1v) is 6.26. The van der Waals surface area contributed by atoms with Gasteiger partial charge < -0.3 is 10.1 Å². The Morgan fingerprint density at radius 3 is 2.84 bits per heavy atom. The smallest absolute Gasteiger partial charge is 0.292 e. The minimum absolute atomic E-state index is 0.121. The van der Waals surface area contributed by atoms with Gasteiger partial charge in [0.05, 0.1) is 4.92 Å². The molecule has 1 aromatic carbocycles. The normalized spacial score (nSPS) is 10.7. The molecule has 0 aromatic heterocycles. The molecular weight excluding hydrogens is 251 g/mol. The number of ether oxygens (including phenoxy) is 1. The highest BCUT2D eigenvalue weighted by atomic mass is 19.1. The Bertz CT molecular complexity index is 424. The van der Waals surface area contributed by atoms with Crippen LogP contribution in [0, 0.1) is 21.8 Å². The molecule has 0 spiro atoms. The molecule has 1 N–H and O–H groups in total. The zero-order valence-electron chi connectivity index (χ0n) is 11.2. The van der Waals surface area contributed by atoms with Gasteiger partial charge in [-0.2, -0.15) is 0 Å². The monoisotopic (exact) mass is 270 g/mol. The van der Waals surface area contributed by atoms with Crippen LogP contribution in [0.2, 0.25) is 0 Å². The zero-order chi connectivity index (χ0) is 14.3. The van der Waals surface area contributed by atoms with Gasteiger partial charge in [0.2, 0.25) is 0 Å². The van der Waals surface area contributed by atoms with Gasteiger partial charge in [0.25, 0.3) is 5.69 Å². The highest BCUT2D eigenvalue weighted by molar-refractivity contribution is 5.61. The van der Waals surface area contributed by atoms with Gasteiger partial charge in [0, 0.05) is 31.9 Å². The Balaban J connectivity index is 2.40. The quantitative estimate of drug-likeness (QED) is 0.447. The maximum absolute atomic E-state index is 13.0. The summed E-state index contributed by atoms with van der Waals surface area (Å²) in [6, 6.07) is 3.37. The van der Waals surface area contributed by atoms with Crippen molar-refractivity contribution in [1.82, 2.24) is 0 Å². The molecule has 1 rings (SSSR count). The van der Waals surface area contributed by atoms with E-state index in [0.717, 1.165) is 18.2 Å². The van der Waals surface area contributed by atoms with E-state index in [0.29, 0.717) is 32.1 Å². The van der Waals surface area contributed by atoms with Crippen molar-refractivity contribution in [3.05, 3.63) is 34.1 Å². The van der Waals surface area contributed by atoms with E-state index >= 15 is 0 Å². The first-order valence-electron chi connectivity index (χ1n) is 6.26. The number of nitro groups is 1.